The minimum absolute atomic E-state index is 0.0542. The summed E-state index contributed by atoms with van der Waals surface area (Å²) in [6.45, 7) is 2.72. The SMILES string of the molecule is Cc1cccc(OCCNC(=O)c2ccc(Br)cc2O)c1. The van der Waals surface area contributed by atoms with Gasteiger partial charge in [0.2, 0.25) is 0 Å². The molecule has 21 heavy (non-hydrogen) atoms. The summed E-state index contributed by atoms with van der Waals surface area (Å²) in [5.41, 5.74) is 1.37. The van der Waals surface area contributed by atoms with Crippen LogP contribution in [-0.2, 0) is 0 Å². The minimum Gasteiger partial charge on any atom is -0.507 e. The van der Waals surface area contributed by atoms with Crippen molar-refractivity contribution in [2.24, 2.45) is 0 Å². The highest BCUT2D eigenvalue weighted by atomic mass is 79.9. The molecule has 0 aliphatic carbocycles. The molecule has 0 saturated carbocycles. The van der Waals surface area contributed by atoms with Crippen LogP contribution in [0.15, 0.2) is 46.9 Å². The Labute approximate surface area is 131 Å². The minimum atomic E-state index is -0.326. The van der Waals surface area contributed by atoms with E-state index in [1.54, 1.807) is 12.1 Å². The van der Waals surface area contributed by atoms with Gasteiger partial charge in [-0.15, -0.1) is 0 Å². The zero-order chi connectivity index (χ0) is 15.2. The van der Waals surface area contributed by atoms with Crippen molar-refractivity contribution >= 4 is 21.8 Å². The topological polar surface area (TPSA) is 58.6 Å². The Bertz CT molecular complexity index is 643. The molecule has 0 bridgehead atoms. The summed E-state index contributed by atoms with van der Waals surface area (Å²) >= 11 is 3.23. The lowest BCUT2D eigenvalue weighted by Gasteiger charge is -2.09. The van der Waals surface area contributed by atoms with Gasteiger partial charge in [0, 0.05) is 4.47 Å². The van der Waals surface area contributed by atoms with Gasteiger partial charge in [-0.1, -0.05) is 28.1 Å². The Balaban J connectivity index is 1.82. The van der Waals surface area contributed by atoms with Crippen molar-refractivity contribution in [2.45, 2.75) is 6.92 Å². The number of benzene rings is 2. The largest absolute Gasteiger partial charge is 0.507 e. The molecule has 0 atom stereocenters. The van der Waals surface area contributed by atoms with Crippen molar-refractivity contribution in [3.05, 3.63) is 58.1 Å². The zero-order valence-electron chi connectivity index (χ0n) is 11.6. The van der Waals surface area contributed by atoms with Gasteiger partial charge in [-0.2, -0.15) is 0 Å². The van der Waals surface area contributed by atoms with Crippen LogP contribution in [0.5, 0.6) is 11.5 Å². The molecule has 0 heterocycles. The number of rotatable bonds is 5. The lowest BCUT2D eigenvalue weighted by Crippen LogP contribution is -2.28. The second kappa shape index (κ2) is 7.13. The monoisotopic (exact) mass is 349 g/mol. The molecule has 0 fully saturated rings. The Morgan fingerprint density at radius 3 is 2.81 bits per heavy atom. The van der Waals surface area contributed by atoms with Crippen molar-refractivity contribution in [1.29, 1.82) is 0 Å². The van der Waals surface area contributed by atoms with E-state index in [1.807, 2.05) is 31.2 Å². The van der Waals surface area contributed by atoms with Gasteiger partial charge in [0.15, 0.2) is 0 Å². The number of aryl methyl sites for hydroxylation is 1. The summed E-state index contributed by atoms with van der Waals surface area (Å²) in [5, 5.41) is 12.4. The first-order valence-electron chi connectivity index (χ1n) is 6.52. The smallest absolute Gasteiger partial charge is 0.255 e. The van der Waals surface area contributed by atoms with Crippen molar-refractivity contribution < 1.29 is 14.6 Å². The van der Waals surface area contributed by atoms with E-state index in [1.165, 1.54) is 6.07 Å². The Morgan fingerprint density at radius 1 is 1.29 bits per heavy atom. The lowest BCUT2D eigenvalue weighted by atomic mass is 10.2. The fourth-order valence-electron chi connectivity index (χ4n) is 1.83. The van der Waals surface area contributed by atoms with E-state index in [4.69, 9.17) is 4.74 Å². The molecule has 0 saturated heterocycles. The number of hydrogen-bond acceptors (Lipinski definition) is 3. The molecular formula is C16H16BrNO3. The number of nitrogens with one attached hydrogen (secondary N) is 1. The van der Waals surface area contributed by atoms with E-state index in [2.05, 4.69) is 21.2 Å². The molecule has 2 aromatic rings. The highest BCUT2D eigenvalue weighted by Gasteiger charge is 2.10. The van der Waals surface area contributed by atoms with Crippen LogP contribution in [0.1, 0.15) is 15.9 Å². The number of aromatic hydroxyl groups is 1. The predicted octanol–water partition coefficient (Wildman–Crippen LogP) is 3.27. The van der Waals surface area contributed by atoms with Crippen LogP contribution in [0, 0.1) is 6.92 Å². The van der Waals surface area contributed by atoms with Crippen LogP contribution >= 0.6 is 15.9 Å². The number of carbonyl (C=O) groups excluding carboxylic acids is 1. The van der Waals surface area contributed by atoms with Crippen LogP contribution in [0.4, 0.5) is 0 Å². The van der Waals surface area contributed by atoms with Crippen LogP contribution in [0.2, 0.25) is 0 Å². The van der Waals surface area contributed by atoms with Gasteiger partial charge in [0.05, 0.1) is 12.1 Å². The van der Waals surface area contributed by atoms with E-state index < -0.39 is 0 Å². The lowest BCUT2D eigenvalue weighted by molar-refractivity contribution is 0.0944. The first-order valence-corrected chi connectivity index (χ1v) is 7.32. The molecule has 0 aliphatic rings. The molecule has 0 aromatic heterocycles. The van der Waals surface area contributed by atoms with E-state index in [0.717, 1.165) is 15.8 Å². The van der Waals surface area contributed by atoms with E-state index in [0.29, 0.717) is 13.2 Å². The van der Waals surface area contributed by atoms with Gasteiger partial charge < -0.3 is 15.2 Å². The van der Waals surface area contributed by atoms with Crippen LogP contribution < -0.4 is 10.1 Å². The average Bonchev–Trinajstić information content (AvgIpc) is 2.43. The second-order valence-corrected chi connectivity index (χ2v) is 5.50. The highest BCUT2D eigenvalue weighted by Crippen LogP contribution is 2.22. The first-order chi connectivity index (χ1) is 10.1. The third-order valence-corrected chi connectivity index (χ3v) is 3.34. The van der Waals surface area contributed by atoms with Crippen LogP contribution in [-0.4, -0.2) is 24.2 Å². The Kier molecular flexibility index (Phi) is 5.22. The molecule has 0 spiro atoms. The second-order valence-electron chi connectivity index (χ2n) is 4.58. The molecular weight excluding hydrogens is 334 g/mol. The molecule has 0 radical (unpaired) electrons. The normalized spacial score (nSPS) is 10.2. The quantitative estimate of drug-likeness (QED) is 0.814. The van der Waals surface area contributed by atoms with Crippen molar-refractivity contribution in [2.75, 3.05) is 13.2 Å². The summed E-state index contributed by atoms with van der Waals surface area (Å²) in [6.07, 6.45) is 0. The van der Waals surface area contributed by atoms with E-state index in [-0.39, 0.29) is 17.2 Å². The number of halogens is 1. The summed E-state index contributed by atoms with van der Waals surface area (Å²) < 4.78 is 6.26. The molecule has 2 N–H and O–H groups in total. The third-order valence-electron chi connectivity index (χ3n) is 2.85. The van der Waals surface area contributed by atoms with Crippen molar-refractivity contribution in [3.63, 3.8) is 0 Å². The molecule has 2 rings (SSSR count). The number of phenolic OH excluding ortho intramolecular Hbond substituents is 1. The summed E-state index contributed by atoms with van der Waals surface area (Å²) in [6, 6.07) is 12.5. The maximum absolute atomic E-state index is 11.9. The summed E-state index contributed by atoms with van der Waals surface area (Å²) in [5.74, 6) is 0.394. The van der Waals surface area contributed by atoms with Crippen molar-refractivity contribution in [1.82, 2.24) is 5.32 Å². The van der Waals surface area contributed by atoms with E-state index >= 15 is 0 Å². The molecule has 110 valence electrons. The van der Waals surface area contributed by atoms with Gasteiger partial charge in [-0.3, -0.25) is 4.79 Å². The molecule has 0 unspecified atom stereocenters. The number of hydrogen-bond donors (Lipinski definition) is 2. The number of carbonyl (C=O) groups is 1. The first kappa shape index (κ1) is 15.4. The van der Waals surface area contributed by atoms with Gasteiger partial charge in [0.1, 0.15) is 18.1 Å². The Morgan fingerprint density at radius 2 is 2.10 bits per heavy atom. The van der Waals surface area contributed by atoms with Crippen LogP contribution in [0.3, 0.4) is 0 Å². The maximum Gasteiger partial charge on any atom is 0.255 e. The summed E-state index contributed by atoms with van der Waals surface area (Å²) in [4.78, 5) is 11.9. The molecule has 1 amide bonds. The van der Waals surface area contributed by atoms with Crippen molar-refractivity contribution in [3.8, 4) is 11.5 Å². The van der Waals surface area contributed by atoms with Gasteiger partial charge in [0.25, 0.3) is 5.91 Å². The average molecular weight is 350 g/mol. The predicted molar refractivity (Wildman–Crippen MR) is 84.8 cm³/mol. The number of phenols is 1. The molecule has 4 nitrogen and oxygen atoms in total. The molecule has 2 aromatic carbocycles. The zero-order valence-corrected chi connectivity index (χ0v) is 13.2. The fourth-order valence-corrected chi connectivity index (χ4v) is 2.18. The van der Waals surface area contributed by atoms with Crippen LogP contribution in [0.25, 0.3) is 0 Å². The van der Waals surface area contributed by atoms with Gasteiger partial charge >= 0.3 is 0 Å². The summed E-state index contributed by atoms with van der Waals surface area (Å²) in [7, 11) is 0. The molecule has 5 heteroatoms. The number of amides is 1. The maximum atomic E-state index is 11.9. The fraction of sp³-hybridized carbons (Fsp3) is 0.188. The standard InChI is InChI=1S/C16H16BrNO3/c1-11-3-2-4-13(9-11)21-8-7-18-16(20)14-6-5-12(17)10-15(14)19/h2-6,9-10,19H,7-8H2,1H3,(H,18,20). The van der Waals surface area contributed by atoms with Gasteiger partial charge in [-0.05, 0) is 42.8 Å². The highest BCUT2D eigenvalue weighted by molar-refractivity contribution is 9.10. The third kappa shape index (κ3) is 4.49. The number of ether oxygens (including phenoxy) is 1. The Hall–Kier alpha value is -2.01. The van der Waals surface area contributed by atoms with E-state index in [9.17, 15) is 9.90 Å². The van der Waals surface area contributed by atoms with Gasteiger partial charge in [-0.25, -0.2) is 0 Å². The molecule has 0 aliphatic heterocycles.